The molecule has 2 N–H and O–H groups in total. The van der Waals surface area contributed by atoms with Crippen molar-refractivity contribution in [2.75, 3.05) is 6.54 Å². The molecule has 0 spiro atoms. The molecular weight excluding hydrogens is 160 g/mol. The highest BCUT2D eigenvalue weighted by Gasteiger charge is 2.19. The summed E-state index contributed by atoms with van der Waals surface area (Å²) < 4.78 is 0. The van der Waals surface area contributed by atoms with E-state index in [0.29, 0.717) is 0 Å². The second kappa shape index (κ2) is 3.88. The molecule has 0 radical (unpaired) electrons. The SMILES string of the molecule is Cc1cncc(C(C)(C)CCN)c1. The minimum atomic E-state index is 0.147. The molecule has 0 aliphatic heterocycles. The number of hydrogen-bond donors (Lipinski definition) is 1. The fourth-order valence-electron chi connectivity index (χ4n) is 1.43. The minimum absolute atomic E-state index is 0.147. The smallest absolute Gasteiger partial charge is 0.0305 e. The van der Waals surface area contributed by atoms with Crippen molar-refractivity contribution < 1.29 is 0 Å². The van der Waals surface area contributed by atoms with E-state index >= 15 is 0 Å². The number of nitrogens with two attached hydrogens (primary N) is 1. The molecule has 2 nitrogen and oxygen atoms in total. The average Bonchev–Trinajstić information content (AvgIpc) is 2.04. The van der Waals surface area contributed by atoms with Gasteiger partial charge in [0.05, 0.1) is 0 Å². The molecule has 0 saturated heterocycles. The largest absolute Gasteiger partial charge is 0.330 e. The van der Waals surface area contributed by atoms with E-state index < -0.39 is 0 Å². The maximum atomic E-state index is 5.57. The van der Waals surface area contributed by atoms with Crippen molar-refractivity contribution in [1.29, 1.82) is 0 Å². The molecule has 0 fully saturated rings. The molecule has 0 aromatic carbocycles. The van der Waals surface area contributed by atoms with E-state index in [0.717, 1.165) is 13.0 Å². The first-order chi connectivity index (χ1) is 6.06. The second-order valence-electron chi connectivity index (χ2n) is 4.17. The zero-order chi connectivity index (χ0) is 9.90. The van der Waals surface area contributed by atoms with Gasteiger partial charge in [0.1, 0.15) is 0 Å². The van der Waals surface area contributed by atoms with Crippen molar-refractivity contribution in [2.24, 2.45) is 5.73 Å². The Morgan fingerprint density at radius 2 is 2.08 bits per heavy atom. The van der Waals surface area contributed by atoms with Crippen molar-refractivity contribution in [3.8, 4) is 0 Å². The summed E-state index contributed by atoms with van der Waals surface area (Å²) in [5.41, 5.74) is 8.20. The summed E-state index contributed by atoms with van der Waals surface area (Å²) in [6, 6.07) is 2.18. The molecule has 0 aliphatic rings. The van der Waals surface area contributed by atoms with Crippen molar-refractivity contribution in [1.82, 2.24) is 4.98 Å². The third-order valence-corrected chi connectivity index (χ3v) is 2.43. The Balaban J connectivity index is 2.93. The predicted octanol–water partition coefficient (Wildman–Crippen LogP) is 2.02. The number of nitrogens with zero attached hydrogens (tertiary/aromatic N) is 1. The first-order valence-corrected chi connectivity index (χ1v) is 4.68. The van der Waals surface area contributed by atoms with E-state index in [1.807, 2.05) is 12.4 Å². The van der Waals surface area contributed by atoms with Crippen molar-refractivity contribution in [3.63, 3.8) is 0 Å². The van der Waals surface area contributed by atoms with Gasteiger partial charge in [-0.05, 0) is 36.4 Å². The Bertz CT molecular complexity index is 279. The van der Waals surface area contributed by atoms with Crippen LogP contribution in [-0.4, -0.2) is 11.5 Å². The lowest BCUT2D eigenvalue weighted by molar-refractivity contribution is 0.485. The molecule has 1 aromatic rings. The maximum Gasteiger partial charge on any atom is 0.0305 e. The molecule has 0 saturated carbocycles. The molecule has 13 heavy (non-hydrogen) atoms. The number of aryl methyl sites for hydroxylation is 1. The summed E-state index contributed by atoms with van der Waals surface area (Å²) in [4.78, 5) is 4.19. The van der Waals surface area contributed by atoms with E-state index in [1.54, 1.807) is 0 Å². The van der Waals surface area contributed by atoms with Crippen LogP contribution < -0.4 is 5.73 Å². The third-order valence-electron chi connectivity index (χ3n) is 2.43. The molecule has 0 bridgehead atoms. The monoisotopic (exact) mass is 178 g/mol. The third kappa shape index (κ3) is 2.52. The molecule has 0 atom stereocenters. The lowest BCUT2D eigenvalue weighted by atomic mass is 9.82. The molecule has 0 amide bonds. The Morgan fingerprint density at radius 1 is 1.38 bits per heavy atom. The summed E-state index contributed by atoms with van der Waals surface area (Å²) >= 11 is 0. The normalized spacial score (nSPS) is 11.7. The number of aromatic nitrogens is 1. The average molecular weight is 178 g/mol. The summed E-state index contributed by atoms with van der Waals surface area (Å²) in [5, 5.41) is 0. The standard InChI is InChI=1S/C11H18N2/c1-9-6-10(8-13-7-9)11(2,3)4-5-12/h6-8H,4-5,12H2,1-3H3. The fourth-order valence-corrected chi connectivity index (χ4v) is 1.43. The summed E-state index contributed by atoms with van der Waals surface area (Å²) in [6.45, 7) is 7.20. The number of rotatable bonds is 3. The van der Waals surface area contributed by atoms with Gasteiger partial charge in [-0.1, -0.05) is 19.9 Å². The van der Waals surface area contributed by atoms with Gasteiger partial charge in [-0.15, -0.1) is 0 Å². The van der Waals surface area contributed by atoms with E-state index in [1.165, 1.54) is 11.1 Å². The second-order valence-corrected chi connectivity index (χ2v) is 4.17. The van der Waals surface area contributed by atoms with Gasteiger partial charge >= 0.3 is 0 Å². The van der Waals surface area contributed by atoms with Crippen molar-refractivity contribution in [2.45, 2.75) is 32.6 Å². The van der Waals surface area contributed by atoms with E-state index in [4.69, 9.17) is 5.73 Å². The number of hydrogen-bond acceptors (Lipinski definition) is 2. The van der Waals surface area contributed by atoms with Crippen molar-refractivity contribution >= 4 is 0 Å². The van der Waals surface area contributed by atoms with Gasteiger partial charge in [-0.25, -0.2) is 0 Å². The molecule has 1 heterocycles. The lowest BCUT2D eigenvalue weighted by Crippen LogP contribution is -2.21. The molecule has 1 rings (SSSR count). The first kappa shape index (κ1) is 10.2. The van der Waals surface area contributed by atoms with Crippen molar-refractivity contribution in [3.05, 3.63) is 29.6 Å². The van der Waals surface area contributed by atoms with Gasteiger partial charge in [-0.3, -0.25) is 4.98 Å². The molecule has 72 valence electrons. The summed E-state index contributed by atoms with van der Waals surface area (Å²) in [5.74, 6) is 0. The lowest BCUT2D eigenvalue weighted by Gasteiger charge is -2.24. The Morgan fingerprint density at radius 3 is 2.62 bits per heavy atom. The van der Waals surface area contributed by atoms with Crippen LogP contribution in [0.25, 0.3) is 0 Å². The van der Waals surface area contributed by atoms with Gasteiger partial charge in [-0.2, -0.15) is 0 Å². The van der Waals surface area contributed by atoms with Gasteiger partial charge in [0, 0.05) is 12.4 Å². The van der Waals surface area contributed by atoms with E-state index in [9.17, 15) is 0 Å². The van der Waals surface area contributed by atoms with Gasteiger partial charge in [0.25, 0.3) is 0 Å². The van der Waals surface area contributed by atoms with Crippen LogP contribution in [-0.2, 0) is 5.41 Å². The molecule has 0 unspecified atom stereocenters. The Hall–Kier alpha value is -0.890. The summed E-state index contributed by atoms with van der Waals surface area (Å²) in [7, 11) is 0. The van der Waals surface area contributed by atoms with Crippen LogP contribution in [0.2, 0.25) is 0 Å². The van der Waals surface area contributed by atoms with Gasteiger partial charge in [0.2, 0.25) is 0 Å². The van der Waals surface area contributed by atoms with Crippen LogP contribution in [0.15, 0.2) is 18.5 Å². The van der Waals surface area contributed by atoms with E-state index in [-0.39, 0.29) is 5.41 Å². The highest BCUT2D eigenvalue weighted by molar-refractivity contribution is 5.24. The molecule has 0 aliphatic carbocycles. The van der Waals surface area contributed by atoms with Gasteiger partial charge < -0.3 is 5.73 Å². The Kier molecular flexibility index (Phi) is 3.04. The van der Waals surface area contributed by atoms with E-state index in [2.05, 4.69) is 31.8 Å². The highest BCUT2D eigenvalue weighted by atomic mass is 14.6. The predicted molar refractivity (Wildman–Crippen MR) is 55.7 cm³/mol. The van der Waals surface area contributed by atoms with Crippen LogP contribution in [0, 0.1) is 6.92 Å². The van der Waals surface area contributed by atoms with Crippen LogP contribution >= 0.6 is 0 Å². The highest BCUT2D eigenvalue weighted by Crippen LogP contribution is 2.25. The Labute approximate surface area is 80.2 Å². The zero-order valence-electron chi connectivity index (χ0n) is 8.67. The van der Waals surface area contributed by atoms with Crippen LogP contribution in [0.1, 0.15) is 31.4 Å². The summed E-state index contributed by atoms with van der Waals surface area (Å²) in [6.07, 6.45) is 4.81. The minimum Gasteiger partial charge on any atom is -0.330 e. The van der Waals surface area contributed by atoms with Gasteiger partial charge in [0.15, 0.2) is 0 Å². The quantitative estimate of drug-likeness (QED) is 0.769. The molecule has 2 heteroatoms. The topological polar surface area (TPSA) is 38.9 Å². The van der Waals surface area contributed by atoms with Crippen LogP contribution in [0.5, 0.6) is 0 Å². The fraction of sp³-hybridized carbons (Fsp3) is 0.545. The first-order valence-electron chi connectivity index (χ1n) is 4.68. The number of pyridine rings is 1. The van der Waals surface area contributed by atoms with Crippen LogP contribution in [0.4, 0.5) is 0 Å². The van der Waals surface area contributed by atoms with Crippen LogP contribution in [0.3, 0.4) is 0 Å². The zero-order valence-corrected chi connectivity index (χ0v) is 8.67. The molecular formula is C11H18N2. The maximum absolute atomic E-state index is 5.57. The molecule has 1 aromatic heterocycles.